The summed E-state index contributed by atoms with van der Waals surface area (Å²) in [6, 6.07) is 12.3. The molecule has 0 aliphatic heterocycles. The first-order valence-corrected chi connectivity index (χ1v) is 13.8. The van der Waals surface area contributed by atoms with Gasteiger partial charge in [0, 0.05) is 31.7 Å². The molecule has 0 fully saturated rings. The van der Waals surface area contributed by atoms with Crippen LogP contribution in [0.1, 0.15) is 36.2 Å². The van der Waals surface area contributed by atoms with E-state index in [2.05, 4.69) is 15.2 Å². The van der Waals surface area contributed by atoms with E-state index in [4.69, 9.17) is 0 Å². The highest BCUT2D eigenvalue weighted by Crippen LogP contribution is 2.23. The lowest BCUT2D eigenvalue weighted by Crippen LogP contribution is -2.39. The molecule has 2 aromatic rings. The van der Waals surface area contributed by atoms with Crippen molar-refractivity contribution in [3.05, 3.63) is 53.6 Å². The number of rotatable bonds is 14. The highest BCUT2D eigenvalue weighted by atomic mass is 32.2. The third-order valence-corrected chi connectivity index (χ3v) is 6.72. The highest BCUT2D eigenvalue weighted by molar-refractivity contribution is 7.92. The Morgan fingerprint density at radius 2 is 1.71 bits per heavy atom. The van der Waals surface area contributed by atoms with Gasteiger partial charge in [-0.2, -0.15) is 0 Å². The maximum absolute atomic E-state index is 13.3. The number of amides is 1. The quantitative estimate of drug-likeness (QED) is 0.404. The van der Waals surface area contributed by atoms with Gasteiger partial charge < -0.3 is 20.2 Å². The van der Waals surface area contributed by atoms with Crippen LogP contribution in [-0.4, -0.2) is 88.5 Å². The van der Waals surface area contributed by atoms with Crippen molar-refractivity contribution < 1.29 is 18.3 Å². The van der Waals surface area contributed by atoms with Crippen molar-refractivity contribution in [3.8, 4) is 0 Å². The molecule has 35 heavy (non-hydrogen) atoms. The molecule has 0 radical (unpaired) electrons. The third-order valence-electron chi connectivity index (χ3n) is 5.55. The van der Waals surface area contributed by atoms with Crippen LogP contribution in [-0.2, 0) is 16.4 Å². The van der Waals surface area contributed by atoms with Gasteiger partial charge in [0.2, 0.25) is 10.0 Å². The van der Waals surface area contributed by atoms with Gasteiger partial charge in [-0.15, -0.1) is 0 Å². The van der Waals surface area contributed by atoms with Crippen molar-refractivity contribution in [2.45, 2.75) is 32.7 Å². The molecule has 9 nitrogen and oxygen atoms in total. The molecule has 0 bridgehead atoms. The Morgan fingerprint density at radius 3 is 2.26 bits per heavy atom. The second kappa shape index (κ2) is 13.4. The van der Waals surface area contributed by atoms with Gasteiger partial charge in [-0.25, -0.2) is 13.4 Å². The lowest BCUT2D eigenvalue weighted by molar-refractivity contribution is 0.0916. The third kappa shape index (κ3) is 8.79. The zero-order valence-electron chi connectivity index (χ0n) is 21.4. The van der Waals surface area contributed by atoms with Gasteiger partial charge in [0.1, 0.15) is 11.6 Å². The number of aliphatic hydroxyl groups is 1. The van der Waals surface area contributed by atoms with Crippen LogP contribution in [0.2, 0.25) is 0 Å². The molecule has 0 spiro atoms. The molecule has 1 heterocycles. The van der Waals surface area contributed by atoms with Crippen LogP contribution in [0.3, 0.4) is 0 Å². The van der Waals surface area contributed by atoms with Crippen LogP contribution in [0, 0.1) is 0 Å². The van der Waals surface area contributed by atoms with E-state index < -0.39 is 22.0 Å². The molecule has 10 heteroatoms. The highest BCUT2D eigenvalue weighted by Gasteiger charge is 2.23. The average molecular weight is 506 g/mol. The molecule has 0 saturated heterocycles. The maximum atomic E-state index is 13.3. The Kier molecular flexibility index (Phi) is 10.9. The number of carbonyl (C=O) groups is 1. The largest absolute Gasteiger partial charge is 0.394 e. The Balaban J connectivity index is 2.44. The molecule has 194 valence electrons. The maximum Gasteiger partial charge on any atom is 0.251 e. The Hall–Kier alpha value is -2.69. The Morgan fingerprint density at radius 1 is 1.06 bits per heavy atom. The number of nitrogens with one attached hydrogen (secondary N) is 1. The van der Waals surface area contributed by atoms with E-state index in [1.165, 1.54) is 10.4 Å². The topological polar surface area (TPSA) is 106 Å². The lowest BCUT2D eigenvalue weighted by atomic mass is 10.1. The van der Waals surface area contributed by atoms with Crippen LogP contribution >= 0.6 is 0 Å². The van der Waals surface area contributed by atoms with Gasteiger partial charge in [0.05, 0.1) is 18.9 Å². The molecule has 1 aromatic carbocycles. The predicted molar refractivity (Wildman–Crippen MR) is 142 cm³/mol. The molecule has 1 amide bonds. The fraction of sp³-hybridized carbons (Fsp3) is 0.520. The summed E-state index contributed by atoms with van der Waals surface area (Å²) in [6.45, 7) is 6.00. The number of carbonyl (C=O) groups excluding carboxylic acids is 1. The standard InChI is InChI=1S/C25H39N5O4S/c1-6-13-30(35(5,33)34)24-18-21(17-23(27-24)29(7-2)15-14-28(3)4)25(32)26-22(19-31)16-20-11-9-8-10-12-20/h8-12,17-18,22,31H,6-7,13-16,19H2,1-5H3,(H,26,32)/t22-/m0/s1. The normalized spacial score (nSPS) is 12.4. The lowest BCUT2D eigenvalue weighted by Gasteiger charge is -2.27. The van der Waals surface area contributed by atoms with Crippen molar-refractivity contribution in [2.24, 2.45) is 0 Å². The monoisotopic (exact) mass is 505 g/mol. The number of benzene rings is 1. The molecular formula is C25H39N5O4S. The summed E-state index contributed by atoms with van der Waals surface area (Å²) in [5.41, 5.74) is 1.29. The number of pyridine rings is 1. The molecule has 0 unspecified atom stereocenters. The summed E-state index contributed by atoms with van der Waals surface area (Å²) < 4.78 is 26.3. The summed E-state index contributed by atoms with van der Waals surface area (Å²) >= 11 is 0. The smallest absolute Gasteiger partial charge is 0.251 e. The fourth-order valence-corrected chi connectivity index (χ4v) is 4.61. The van der Waals surface area contributed by atoms with E-state index in [9.17, 15) is 18.3 Å². The molecule has 1 atom stereocenters. The van der Waals surface area contributed by atoms with Crippen LogP contribution in [0.5, 0.6) is 0 Å². The summed E-state index contributed by atoms with van der Waals surface area (Å²) in [6.07, 6.45) is 2.22. The van der Waals surface area contributed by atoms with Crippen molar-refractivity contribution in [1.29, 1.82) is 0 Å². The first-order chi connectivity index (χ1) is 16.6. The van der Waals surface area contributed by atoms with Crippen LogP contribution in [0.15, 0.2) is 42.5 Å². The number of aliphatic hydroxyl groups excluding tert-OH is 1. The van der Waals surface area contributed by atoms with E-state index >= 15 is 0 Å². The summed E-state index contributed by atoms with van der Waals surface area (Å²) in [5, 5.41) is 12.8. The summed E-state index contributed by atoms with van der Waals surface area (Å²) in [5.74, 6) is 0.354. The minimum Gasteiger partial charge on any atom is -0.394 e. The summed E-state index contributed by atoms with van der Waals surface area (Å²) in [4.78, 5) is 22.0. The van der Waals surface area contributed by atoms with Gasteiger partial charge in [0.15, 0.2) is 0 Å². The number of hydrogen-bond donors (Lipinski definition) is 2. The second-order valence-electron chi connectivity index (χ2n) is 8.83. The average Bonchev–Trinajstić information content (AvgIpc) is 2.82. The van der Waals surface area contributed by atoms with E-state index in [1.54, 1.807) is 6.07 Å². The van der Waals surface area contributed by atoms with Crippen molar-refractivity contribution >= 4 is 27.6 Å². The van der Waals surface area contributed by atoms with Gasteiger partial charge in [0.25, 0.3) is 5.91 Å². The van der Waals surface area contributed by atoms with Gasteiger partial charge >= 0.3 is 0 Å². The van der Waals surface area contributed by atoms with E-state index in [1.807, 2.05) is 63.2 Å². The number of hydrogen-bond acceptors (Lipinski definition) is 7. The molecule has 0 saturated carbocycles. The molecule has 2 N–H and O–H groups in total. The molecule has 2 rings (SSSR count). The first kappa shape index (κ1) is 28.5. The molecule has 1 aromatic heterocycles. The number of sulfonamides is 1. The van der Waals surface area contributed by atoms with Crippen LogP contribution in [0.4, 0.5) is 11.6 Å². The van der Waals surface area contributed by atoms with Crippen LogP contribution in [0.25, 0.3) is 0 Å². The molecular weight excluding hydrogens is 466 g/mol. The fourth-order valence-electron chi connectivity index (χ4n) is 3.66. The second-order valence-corrected chi connectivity index (χ2v) is 10.7. The number of likely N-dealkylation sites (N-methyl/N-ethyl adjacent to an activating group) is 2. The van der Waals surface area contributed by atoms with E-state index in [-0.39, 0.29) is 19.0 Å². The molecule has 0 aliphatic carbocycles. The predicted octanol–water partition coefficient (Wildman–Crippen LogP) is 1.98. The van der Waals surface area contributed by atoms with E-state index in [0.717, 1.165) is 18.4 Å². The summed E-state index contributed by atoms with van der Waals surface area (Å²) in [7, 11) is 0.361. The van der Waals surface area contributed by atoms with Gasteiger partial charge in [-0.1, -0.05) is 37.3 Å². The SMILES string of the molecule is CCCN(c1cc(C(=O)N[C@H](CO)Cc2ccccc2)cc(N(CC)CCN(C)C)n1)S(C)(=O)=O. The van der Waals surface area contributed by atoms with Crippen molar-refractivity contribution in [3.63, 3.8) is 0 Å². The van der Waals surface area contributed by atoms with Crippen molar-refractivity contribution in [2.75, 3.05) is 62.3 Å². The number of anilines is 2. The van der Waals surface area contributed by atoms with Crippen molar-refractivity contribution in [1.82, 2.24) is 15.2 Å². The minimum atomic E-state index is -3.59. The van der Waals surface area contributed by atoms with Gasteiger partial charge in [-0.3, -0.25) is 9.10 Å². The number of nitrogens with zero attached hydrogens (tertiary/aromatic N) is 4. The first-order valence-electron chi connectivity index (χ1n) is 11.9. The van der Waals surface area contributed by atoms with Crippen LogP contribution < -0.4 is 14.5 Å². The molecule has 0 aliphatic rings. The van der Waals surface area contributed by atoms with E-state index in [0.29, 0.717) is 37.3 Å². The minimum absolute atomic E-state index is 0.212. The zero-order chi connectivity index (χ0) is 26.0. The Labute approximate surface area is 209 Å². The Bertz CT molecular complexity index is 1050. The zero-order valence-corrected chi connectivity index (χ0v) is 22.3. The van der Waals surface area contributed by atoms with Gasteiger partial charge in [-0.05, 0) is 51.6 Å². The number of aromatic nitrogens is 1.